The fraction of sp³-hybridized carbons (Fsp3) is 0.895. The average molecular weight is 267 g/mol. The molecule has 19 heavy (non-hydrogen) atoms. The van der Waals surface area contributed by atoms with Crippen LogP contribution < -0.4 is 0 Å². The van der Waals surface area contributed by atoms with Crippen molar-refractivity contribution in [3.05, 3.63) is 11.6 Å². The highest BCUT2D eigenvalue weighted by Gasteiger charge is 2.07. The van der Waals surface area contributed by atoms with E-state index in [0.29, 0.717) is 0 Å². The van der Waals surface area contributed by atoms with Gasteiger partial charge in [0, 0.05) is 0 Å². The van der Waals surface area contributed by atoms with Gasteiger partial charge in [-0.15, -0.1) is 0 Å². The van der Waals surface area contributed by atoms with Crippen molar-refractivity contribution in [1.82, 2.24) is 0 Å². The third-order valence-electron chi connectivity index (χ3n) is 4.45. The van der Waals surface area contributed by atoms with Crippen LogP contribution in [-0.2, 0) is 0 Å². The van der Waals surface area contributed by atoms with Gasteiger partial charge in [-0.1, -0.05) is 84.8 Å². The van der Waals surface area contributed by atoms with E-state index in [1.54, 1.807) is 5.57 Å². The topological polar surface area (TPSA) is 0 Å². The van der Waals surface area contributed by atoms with Gasteiger partial charge in [0.1, 0.15) is 0 Å². The molecule has 0 amide bonds. The lowest BCUT2D eigenvalue weighted by molar-refractivity contribution is 0.402. The minimum atomic E-state index is 0.732. The van der Waals surface area contributed by atoms with Gasteiger partial charge in [-0.2, -0.15) is 0 Å². The Bertz CT molecular complexity index is 224. The summed E-state index contributed by atoms with van der Waals surface area (Å²) in [6.45, 7) is 14.0. The van der Waals surface area contributed by atoms with Crippen molar-refractivity contribution in [3.8, 4) is 0 Å². The standard InChI is InChI=1S/C19H38/c1-7-11-17(5)12-9-13-18(6)14-10-15-19(8-2)16(3)4/h8,16-18H,7,9-15H2,1-6H3. The quantitative estimate of drug-likeness (QED) is 0.353. The highest BCUT2D eigenvalue weighted by Crippen LogP contribution is 2.22. The molecule has 0 rings (SSSR count). The zero-order valence-electron chi connectivity index (χ0n) is 14.5. The van der Waals surface area contributed by atoms with E-state index in [2.05, 4.69) is 47.6 Å². The number of hydrogen-bond donors (Lipinski definition) is 0. The van der Waals surface area contributed by atoms with Gasteiger partial charge in [0.15, 0.2) is 0 Å². The monoisotopic (exact) mass is 266 g/mol. The Kier molecular flexibility index (Phi) is 11.4. The number of allylic oxidation sites excluding steroid dienone is 2. The highest BCUT2D eigenvalue weighted by atomic mass is 14.1. The zero-order valence-corrected chi connectivity index (χ0v) is 14.5. The number of hydrogen-bond acceptors (Lipinski definition) is 0. The predicted molar refractivity (Wildman–Crippen MR) is 89.5 cm³/mol. The summed E-state index contributed by atoms with van der Waals surface area (Å²) < 4.78 is 0. The Hall–Kier alpha value is -0.260. The van der Waals surface area contributed by atoms with Crippen LogP contribution in [0.1, 0.15) is 92.9 Å². The molecule has 0 aliphatic heterocycles. The average Bonchev–Trinajstić information content (AvgIpc) is 2.34. The summed E-state index contributed by atoms with van der Waals surface area (Å²) in [7, 11) is 0. The highest BCUT2D eigenvalue weighted by molar-refractivity contribution is 5.02. The van der Waals surface area contributed by atoms with E-state index in [-0.39, 0.29) is 0 Å². The van der Waals surface area contributed by atoms with Crippen molar-refractivity contribution in [3.63, 3.8) is 0 Å². The third-order valence-corrected chi connectivity index (χ3v) is 4.45. The molecule has 0 nitrogen and oxygen atoms in total. The van der Waals surface area contributed by atoms with Crippen molar-refractivity contribution in [2.75, 3.05) is 0 Å². The largest absolute Gasteiger partial charge is 0.0882 e. The van der Waals surface area contributed by atoms with Crippen LogP contribution in [0.25, 0.3) is 0 Å². The SMILES string of the molecule is CC=C(CCCC(C)CCCC(C)CCC)C(C)C. The van der Waals surface area contributed by atoms with Gasteiger partial charge in [0.25, 0.3) is 0 Å². The minimum Gasteiger partial charge on any atom is -0.0882 e. The molecule has 2 atom stereocenters. The third kappa shape index (κ3) is 10.2. The summed E-state index contributed by atoms with van der Waals surface area (Å²) in [5.74, 6) is 2.59. The van der Waals surface area contributed by atoms with Crippen LogP contribution in [0.4, 0.5) is 0 Å². The van der Waals surface area contributed by atoms with Crippen molar-refractivity contribution in [2.45, 2.75) is 92.9 Å². The van der Waals surface area contributed by atoms with Gasteiger partial charge in [-0.3, -0.25) is 0 Å². The second-order valence-electron chi connectivity index (χ2n) is 6.84. The van der Waals surface area contributed by atoms with Gasteiger partial charge in [-0.05, 0) is 37.5 Å². The van der Waals surface area contributed by atoms with E-state index in [0.717, 1.165) is 17.8 Å². The summed E-state index contributed by atoms with van der Waals surface area (Å²) in [6, 6.07) is 0. The second kappa shape index (κ2) is 11.6. The summed E-state index contributed by atoms with van der Waals surface area (Å²) in [6.07, 6.45) is 13.5. The summed E-state index contributed by atoms with van der Waals surface area (Å²) >= 11 is 0. The van der Waals surface area contributed by atoms with Crippen LogP contribution >= 0.6 is 0 Å². The van der Waals surface area contributed by atoms with E-state index in [9.17, 15) is 0 Å². The van der Waals surface area contributed by atoms with E-state index < -0.39 is 0 Å². The van der Waals surface area contributed by atoms with Gasteiger partial charge in [0.2, 0.25) is 0 Å². The molecule has 0 aliphatic carbocycles. The molecule has 2 unspecified atom stereocenters. The lowest BCUT2D eigenvalue weighted by Gasteiger charge is -2.15. The molecule has 0 saturated heterocycles. The van der Waals surface area contributed by atoms with Crippen molar-refractivity contribution in [2.24, 2.45) is 17.8 Å². The Morgan fingerprint density at radius 2 is 1.37 bits per heavy atom. The molecule has 0 aromatic carbocycles. The maximum Gasteiger partial charge on any atom is -0.0260 e. The molecule has 114 valence electrons. The van der Waals surface area contributed by atoms with Crippen LogP contribution in [0.15, 0.2) is 11.6 Å². The Morgan fingerprint density at radius 1 is 0.842 bits per heavy atom. The van der Waals surface area contributed by atoms with E-state index in [1.807, 2.05) is 0 Å². The summed E-state index contributed by atoms with van der Waals surface area (Å²) in [4.78, 5) is 0. The lowest BCUT2D eigenvalue weighted by Crippen LogP contribution is -2.00. The van der Waals surface area contributed by atoms with E-state index >= 15 is 0 Å². The Labute approximate surface area is 123 Å². The molecule has 0 bridgehead atoms. The van der Waals surface area contributed by atoms with Crippen LogP contribution in [0.5, 0.6) is 0 Å². The van der Waals surface area contributed by atoms with Gasteiger partial charge >= 0.3 is 0 Å². The van der Waals surface area contributed by atoms with E-state index in [4.69, 9.17) is 0 Å². The van der Waals surface area contributed by atoms with Gasteiger partial charge in [-0.25, -0.2) is 0 Å². The molecular formula is C19H38. The first-order chi connectivity index (χ1) is 9.01. The molecule has 0 radical (unpaired) electrons. The smallest absolute Gasteiger partial charge is 0.0260 e. The summed E-state index contributed by atoms with van der Waals surface area (Å²) in [5.41, 5.74) is 1.64. The predicted octanol–water partition coefficient (Wildman–Crippen LogP) is 7.00. The van der Waals surface area contributed by atoms with Crippen LogP contribution in [0, 0.1) is 17.8 Å². The molecule has 0 heteroatoms. The van der Waals surface area contributed by atoms with Crippen molar-refractivity contribution in [1.29, 1.82) is 0 Å². The second-order valence-corrected chi connectivity index (χ2v) is 6.84. The van der Waals surface area contributed by atoms with Crippen LogP contribution in [-0.4, -0.2) is 0 Å². The normalized spacial score (nSPS) is 15.8. The molecular weight excluding hydrogens is 228 g/mol. The molecule has 0 fully saturated rings. The lowest BCUT2D eigenvalue weighted by atomic mass is 9.91. The first-order valence-corrected chi connectivity index (χ1v) is 8.66. The molecule has 0 heterocycles. The zero-order chi connectivity index (χ0) is 14.7. The maximum atomic E-state index is 2.44. The fourth-order valence-corrected chi connectivity index (χ4v) is 3.02. The molecule has 0 spiro atoms. The Morgan fingerprint density at radius 3 is 1.84 bits per heavy atom. The molecule has 0 saturated carbocycles. The molecule has 0 aromatic rings. The van der Waals surface area contributed by atoms with Crippen molar-refractivity contribution < 1.29 is 0 Å². The fourth-order valence-electron chi connectivity index (χ4n) is 3.02. The van der Waals surface area contributed by atoms with Gasteiger partial charge < -0.3 is 0 Å². The summed E-state index contributed by atoms with van der Waals surface area (Å²) in [5, 5.41) is 0. The molecule has 0 aliphatic rings. The van der Waals surface area contributed by atoms with Crippen LogP contribution in [0.3, 0.4) is 0 Å². The van der Waals surface area contributed by atoms with Crippen LogP contribution in [0.2, 0.25) is 0 Å². The van der Waals surface area contributed by atoms with Gasteiger partial charge in [0.05, 0.1) is 0 Å². The van der Waals surface area contributed by atoms with E-state index in [1.165, 1.54) is 51.4 Å². The maximum absolute atomic E-state index is 2.44. The number of rotatable bonds is 11. The minimum absolute atomic E-state index is 0.732. The Balaban J connectivity index is 3.62. The van der Waals surface area contributed by atoms with Crippen molar-refractivity contribution >= 4 is 0 Å². The molecule has 0 aromatic heterocycles. The first kappa shape index (κ1) is 18.7. The first-order valence-electron chi connectivity index (χ1n) is 8.66. The molecule has 0 N–H and O–H groups in total.